The summed E-state index contributed by atoms with van der Waals surface area (Å²) >= 11 is 1.08. The predicted molar refractivity (Wildman–Crippen MR) is 125 cm³/mol. The quantitative estimate of drug-likeness (QED) is 0.274. The van der Waals surface area contributed by atoms with Gasteiger partial charge >= 0.3 is 5.97 Å². The summed E-state index contributed by atoms with van der Waals surface area (Å²) in [4.78, 5) is 23.8. The van der Waals surface area contributed by atoms with E-state index in [0.717, 1.165) is 11.9 Å². The fourth-order valence-corrected chi connectivity index (χ4v) is 5.06. The van der Waals surface area contributed by atoms with E-state index in [1.54, 1.807) is 40.7 Å². The number of rotatable bonds is 8. The molecule has 1 fully saturated rings. The summed E-state index contributed by atoms with van der Waals surface area (Å²) in [6.45, 7) is 0. The lowest BCUT2D eigenvalue weighted by atomic mass is 10.0. The smallest absolute Gasteiger partial charge is 0.334 e. The normalized spacial score (nSPS) is 20.1. The highest BCUT2D eigenvalue weighted by Crippen LogP contribution is 2.52. The zero-order chi connectivity index (χ0) is 24.2. The fourth-order valence-electron chi connectivity index (χ4n) is 3.85. The number of methoxy groups -OCH3 is 2. The zero-order valence-corrected chi connectivity index (χ0v) is 19.2. The van der Waals surface area contributed by atoms with Gasteiger partial charge in [-0.1, -0.05) is 42.5 Å². The Bertz CT molecular complexity index is 1190. The maximum atomic E-state index is 12.3. The van der Waals surface area contributed by atoms with Gasteiger partial charge in [0.2, 0.25) is 0 Å². The standard InChI is InChI=1S/C24H22N2O7S/c1-31-16-12-13-17(19(14-16)32-2)23-25(34-20-11-7-6-10-18(20)26(29)30)21(22(33-23)24(27)28)15-8-4-3-5-9-15/h3-14,21-23H,1-2H3,(H,27,28)/t21-,22+,23?/m1/s1. The molecule has 0 aliphatic carbocycles. The summed E-state index contributed by atoms with van der Waals surface area (Å²) in [7, 11) is 3.03. The molecular formula is C24H22N2O7S. The van der Waals surface area contributed by atoms with E-state index in [1.807, 2.05) is 30.3 Å². The third-order valence-corrected chi connectivity index (χ3v) is 6.60. The van der Waals surface area contributed by atoms with Gasteiger partial charge in [0.1, 0.15) is 16.4 Å². The predicted octanol–water partition coefficient (Wildman–Crippen LogP) is 4.84. The first-order valence-electron chi connectivity index (χ1n) is 10.3. The van der Waals surface area contributed by atoms with Crippen LogP contribution in [0.3, 0.4) is 0 Å². The van der Waals surface area contributed by atoms with Crippen LogP contribution in [0, 0.1) is 10.1 Å². The van der Waals surface area contributed by atoms with Crippen LogP contribution in [-0.4, -0.2) is 40.6 Å². The Kier molecular flexibility index (Phi) is 7.01. The number of nitro groups is 1. The molecule has 0 aromatic heterocycles. The molecule has 1 aliphatic heterocycles. The van der Waals surface area contributed by atoms with Gasteiger partial charge in [0.05, 0.1) is 25.2 Å². The minimum Gasteiger partial charge on any atom is -0.497 e. The molecule has 1 N–H and O–H groups in total. The lowest BCUT2D eigenvalue weighted by Gasteiger charge is -2.28. The van der Waals surface area contributed by atoms with Crippen molar-refractivity contribution < 1.29 is 29.0 Å². The highest BCUT2D eigenvalue weighted by atomic mass is 32.2. The van der Waals surface area contributed by atoms with E-state index in [0.29, 0.717) is 27.5 Å². The van der Waals surface area contributed by atoms with Gasteiger partial charge in [-0.3, -0.25) is 10.1 Å². The number of para-hydroxylation sites is 1. The Morgan fingerprint density at radius 1 is 1.06 bits per heavy atom. The molecule has 1 heterocycles. The summed E-state index contributed by atoms with van der Waals surface area (Å²) in [5, 5.41) is 21.7. The van der Waals surface area contributed by atoms with Crippen LogP contribution in [-0.2, 0) is 9.53 Å². The Hall–Kier alpha value is -3.60. The van der Waals surface area contributed by atoms with E-state index in [-0.39, 0.29) is 5.69 Å². The average molecular weight is 483 g/mol. The van der Waals surface area contributed by atoms with E-state index >= 15 is 0 Å². The molecule has 0 spiro atoms. The van der Waals surface area contributed by atoms with E-state index < -0.39 is 29.3 Å². The lowest BCUT2D eigenvalue weighted by molar-refractivity contribution is -0.387. The molecule has 3 aromatic carbocycles. The first-order chi connectivity index (χ1) is 16.4. The monoisotopic (exact) mass is 482 g/mol. The Morgan fingerprint density at radius 2 is 1.76 bits per heavy atom. The van der Waals surface area contributed by atoms with Crippen molar-refractivity contribution in [2.75, 3.05) is 14.2 Å². The molecule has 4 rings (SSSR count). The maximum Gasteiger partial charge on any atom is 0.334 e. The van der Waals surface area contributed by atoms with Crippen molar-refractivity contribution in [3.63, 3.8) is 0 Å². The second-order valence-electron chi connectivity index (χ2n) is 7.39. The van der Waals surface area contributed by atoms with Crippen molar-refractivity contribution in [3.05, 3.63) is 94.0 Å². The highest BCUT2D eigenvalue weighted by molar-refractivity contribution is 7.97. The molecule has 1 aliphatic rings. The van der Waals surface area contributed by atoms with Crippen molar-refractivity contribution in [3.8, 4) is 11.5 Å². The Morgan fingerprint density at radius 3 is 2.41 bits per heavy atom. The Balaban J connectivity index is 1.86. The number of nitrogens with zero attached hydrogens (tertiary/aromatic N) is 2. The summed E-state index contributed by atoms with van der Waals surface area (Å²) in [5.41, 5.74) is 1.19. The minimum absolute atomic E-state index is 0.0847. The summed E-state index contributed by atoms with van der Waals surface area (Å²) < 4.78 is 18.7. The van der Waals surface area contributed by atoms with E-state index in [2.05, 4.69) is 0 Å². The second-order valence-corrected chi connectivity index (χ2v) is 8.43. The average Bonchev–Trinajstić information content (AvgIpc) is 3.23. The highest BCUT2D eigenvalue weighted by Gasteiger charge is 2.49. The molecule has 0 saturated carbocycles. The van der Waals surface area contributed by atoms with Crippen molar-refractivity contribution >= 4 is 23.6 Å². The third kappa shape index (κ3) is 4.56. The summed E-state index contributed by atoms with van der Waals surface area (Å²) in [6, 6.07) is 19.8. The second kappa shape index (κ2) is 10.1. The van der Waals surface area contributed by atoms with Crippen LogP contribution in [0.15, 0.2) is 77.7 Å². The lowest BCUT2D eigenvalue weighted by Crippen LogP contribution is -2.29. The molecule has 0 radical (unpaired) electrons. The van der Waals surface area contributed by atoms with Gasteiger partial charge in [-0.05, 0) is 35.7 Å². The third-order valence-electron chi connectivity index (χ3n) is 5.42. The van der Waals surface area contributed by atoms with E-state index in [9.17, 15) is 20.0 Å². The van der Waals surface area contributed by atoms with Crippen molar-refractivity contribution in [2.24, 2.45) is 0 Å². The number of carboxylic acids is 1. The molecule has 10 heteroatoms. The van der Waals surface area contributed by atoms with Gasteiger partial charge in [-0.25, -0.2) is 9.10 Å². The number of hydrogen-bond acceptors (Lipinski definition) is 8. The van der Waals surface area contributed by atoms with Crippen LogP contribution >= 0.6 is 11.9 Å². The molecule has 0 amide bonds. The molecule has 0 bridgehead atoms. The van der Waals surface area contributed by atoms with Gasteiger partial charge in [0, 0.05) is 17.7 Å². The van der Waals surface area contributed by atoms with Crippen LogP contribution < -0.4 is 9.47 Å². The van der Waals surface area contributed by atoms with Gasteiger partial charge in [0.25, 0.3) is 5.69 Å². The number of ether oxygens (including phenoxy) is 3. The molecular weight excluding hydrogens is 460 g/mol. The zero-order valence-electron chi connectivity index (χ0n) is 18.4. The Labute approximate surface area is 200 Å². The van der Waals surface area contributed by atoms with Crippen molar-refractivity contribution in [1.82, 2.24) is 4.31 Å². The van der Waals surface area contributed by atoms with Crippen LogP contribution in [0.2, 0.25) is 0 Å². The first-order valence-corrected chi connectivity index (χ1v) is 11.1. The van der Waals surface area contributed by atoms with Crippen molar-refractivity contribution in [2.45, 2.75) is 23.3 Å². The van der Waals surface area contributed by atoms with Crippen LogP contribution in [0.5, 0.6) is 11.5 Å². The van der Waals surface area contributed by atoms with Crippen molar-refractivity contribution in [1.29, 1.82) is 0 Å². The number of carboxylic acid groups (broad SMARTS) is 1. The molecule has 34 heavy (non-hydrogen) atoms. The van der Waals surface area contributed by atoms with Gasteiger partial charge in [-0.2, -0.15) is 0 Å². The molecule has 1 saturated heterocycles. The van der Waals surface area contributed by atoms with Crippen LogP contribution in [0.1, 0.15) is 23.4 Å². The van der Waals surface area contributed by atoms with Gasteiger partial charge in [-0.15, -0.1) is 0 Å². The van der Waals surface area contributed by atoms with E-state index in [4.69, 9.17) is 14.2 Å². The number of nitro benzene ring substituents is 1. The summed E-state index contributed by atoms with van der Waals surface area (Å²) in [5.74, 6) is -0.141. The largest absolute Gasteiger partial charge is 0.497 e. The number of benzene rings is 3. The SMILES string of the molecule is COc1ccc(C2O[C@H](C(=O)O)[C@@H](c3ccccc3)N2Sc2ccccc2[N+](=O)[O-])c(OC)c1. The van der Waals surface area contributed by atoms with E-state index in [1.165, 1.54) is 20.3 Å². The van der Waals surface area contributed by atoms with Gasteiger partial charge in [0.15, 0.2) is 12.3 Å². The molecule has 1 unspecified atom stereocenters. The topological polar surface area (TPSA) is 111 Å². The molecule has 176 valence electrons. The maximum absolute atomic E-state index is 12.3. The van der Waals surface area contributed by atoms with Crippen LogP contribution in [0.25, 0.3) is 0 Å². The number of hydrogen-bond donors (Lipinski definition) is 1. The molecule has 9 nitrogen and oxygen atoms in total. The molecule has 3 aromatic rings. The molecule has 3 atom stereocenters. The first kappa shape index (κ1) is 23.6. The number of aliphatic carboxylic acids is 1. The summed E-state index contributed by atoms with van der Waals surface area (Å²) in [6.07, 6.45) is -2.11. The van der Waals surface area contributed by atoms with Gasteiger partial charge < -0.3 is 19.3 Å². The fraction of sp³-hybridized carbons (Fsp3) is 0.208. The van der Waals surface area contributed by atoms with Crippen LogP contribution in [0.4, 0.5) is 5.69 Å². The number of carbonyl (C=O) groups is 1. The minimum atomic E-state index is -1.23.